The number of benzene rings is 2. The lowest BCUT2D eigenvalue weighted by atomic mass is 10.1. The van der Waals surface area contributed by atoms with Gasteiger partial charge in [0.2, 0.25) is 11.1 Å². The topological polar surface area (TPSA) is 76.7 Å². The van der Waals surface area contributed by atoms with E-state index in [0.717, 1.165) is 17.7 Å². The van der Waals surface area contributed by atoms with Crippen molar-refractivity contribution in [2.45, 2.75) is 58.3 Å². The van der Waals surface area contributed by atoms with E-state index >= 15 is 0 Å². The molecule has 3 aromatic rings. The van der Waals surface area contributed by atoms with Crippen LogP contribution in [0.5, 0.6) is 5.75 Å². The van der Waals surface area contributed by atoms with Gasteiger partial charge in [-0.1, -0.05) is 70.1 Å². The third-order valence-electron chi connectivity index (χ3n) is 5.37. The third kappa shape index (κ3) is 8.34. The van der Waals surface area contributed by atoms with Crippen molar-refractivity contribution >= 4 is 23.7 Å². The van der Waals surface area contributed by atoms with Crippen molar-refractivity contribution in [3.8, 4) is 17.2 Å². The molecule has 2 aromatic carbocycles. The van der Waals surface area contributed by atoms with Gasteiger partial charge in [-0.3, -0.25) is 4.79 Å². The highest BCUT2D eigenvalue weighted by molar-refractivity contribution is 6.31. The zero-order valence-corrected chi connectivity index (χ0v) is 20.4. The maximum Gasteiger partial charge on any atom is 0.271 e. The molecule has 0 atom stereocenters. The fourth-order valence-electron chi connectivity index (χ4n) is 3.44. The second-order valence-electron chi connectivity index (χ2n) is 8.09. The molecule has 1 amide bonds. The number of carbonyl (C=O) groups excluding carboxylic acids is 1. The van der Waals surface area contributed by atoms with Crippen LogP contribution in [0, 0.1) is 0 Å². The molecule has 0 aliphatic rings. The van der Waals surface area contributed by atoms with E-state index in [9.17, 15) is 4.79 Å². The molecule has 7 heteroatoms. The molecule has 0 aliphatic carbocycles. The van der Waals surface area contributed by atoms with Crippen LogP contribution in [0.3, 0.4) is 0 Å². The van der Waals surface area contributed by atoms with E-state index in [0.29, 0.717) is 23.8 Å². The van der Waals surface area contributed by atoms with Gasteiger partial charge in [-0.2, -0.15) is 5.10 Å². The van der Waals surface area contributed by atoms with Crippen LogP contribution in [0.1, 0.15) is 74.3 Å². The van der Waals surface area contributed by atoms with Gasteiger partial charge < -0.3 is 9.15 Å². The van der Waals surface area contributed by atoms with Gasteiger partial charge in [0.25, 0.3) is 5.91 Å². The van der Waals surface area contributed by atoms with Gasteiger partial charge in [0, 0.05) is 11.1 Å². The lowest BCUT2D eigenvalue weighted by molar-refractivity contribution is 0.0955. The van der Waals surface area contributed by atoms with E-state index in [2.05, 4.69) is 22.4 Å². The van der Waals surface area contributed by atoms with Crippen molar-refractivity contribution in [3.63, 3.8) is 0 Å². The molecule has 1 aromatic heterocycles. The summed E-state index contributed by atoms with van der Waals surface area (Å²) in [4.78, 5) is 16.7. The van der Waals surface area contributed by atoms with Crippen molar-refractivity contribution in [1.29, 1.82) is 0 Å². The van der Waals surface area contributed by atoms with Crippen LogP contribution in [0.15, 0.2) is 64.1 Å². The Balaban J connectivity index is 1.39. The number of aromatic nitrogens is 1. The molecule has 180 valence electrons. The molecule has 0 fully saturated rings. The van der Waals surface area contributed by atoms with E-state index in [1.54, 1.807) is 24.3 Å². The summed E-state index contributed by atoms with van der Waals surface area (Å²) >= 11 is 6.09. The Hall–Kier alpha value is -3.12. The normalized spacial score (nSPS) is 11.1. The highest BCUT2D eigenvalue weighted by Gasteiger charge is 2.11. The maximum absolute atomic E-state index is 12.3. The van der Waals surface area contributed by atoms with Crippen molar-refractivity contribution in [3.05, 3.63) is 71.1 Å². The van der Waals surface area contributed by atoms with Crippen molar-refractivity contribution in [2.24, 2.45) is 5.10 Å². The van der Waals surface area contributed by atoms with Crippen molar-refractivity contribution < 1.29 is 13.9 Å². The molecule has 0 bridgehead atoms. The Kier molecular flexibility index (Phi) is 10.7. The predicted octanol–water partition coefficient (Wildman–Crippen LogP) is 7.28. The van der Waals surface area contributed by atoms with Gasteiger partial charge in [-0.15, -0.1) is 0 Å². The minimum Gasteiger partial charge on any atom is -0.494 e. The summed E-state index contributed by atoms with van der Waals surface area (Å²) in [6.45, 7) is 2.93. The standard InChI is InChI=1S/C27H32ClN3O3/c1-2-3-4-5-6-7-8-12-19-33-23-17-15-21(16-18-23)26(32)31-29-20-24-25(28)34-27(30-24)22-13-10-9-11-14-22/h9-11,13-18,20H,2-8,12,19H2,1H3,(H,31,32). The maximum atomic E-state index is 12.3. The minimum atomic E-state index is -0.339. The second-order valence-corrected chi connectivity index (χ2v) is 8.43. The summed E-state index contributed by atoms with van der Waals surface area (Å²) in [5, 5.41) is 4.05. The lowest BCUT2D eigenvalue weighted by Crippen LogP contribution is -2.17. The lowest BCUT2D eigenvalue weighted by Gasteiger charge is -2.07. The van der Waals surface area contributed by atoms with E-state index in [1.807, 2.05) is 30.3 Å². The third-order valence-corrected chi connectivity index (χ3v) is 5.64. The van der Waals surface area contributed by atoms with Gasteiger partial charge in [0.1, 0.15) is 11.4 Å². The number of halogens is 1. The van der Waals surface area contributed by atoms with Crippen LogP contribution in [0.25, 0.3) is 11.5 Å². The second kappa shape index (κ2) is 14.2. The number of carbonyl (C=O) groups is 1. The molecule has 0 unspecified atom stereocenters. The average molecular weight is 482 g/mol. The Morgan fingerprint density at radius 3 is 2.38 bits per heavy atom. The van der Waals surface area contributed by atoms with Gasteiger partial charge >= 0.3 is 0 Å². The van der Waals surface area contributed by atoms with Crippen molar-refractivity contribution in [2.75, 3.05) is 6.61 Å². The number of hydrazone groups is 1. The number of nitrogens with zero attached hydrogens (tertiary/aromatic N) is 2. The van der Waals surface area contributed by atoms with Gasteiger partial charge in [0.05, 0.1) is 12.8 Å². The Labute approximate surface area is 206 Å². The molecule has 6 nitrogen and oxygen atoms in total. The van der Waals surface area contributed by atoms with E-state index in [1.165, 1.54) is 51.2 Å². The van der Waals surface area contributed by atoms with Gasteiger partial charge in [0.15, 0.2) is 0 Å². The number of unbranched alkanes of at least 4 members (excludes halogenated alkanes) is 7. The van der Waals surface area contributed by atoms with Crippen LogP contribution in [-0.4, -0.2) is 23.7 Å². The molecule has 1 heterocycles. The first-order valence-corrected chi connectivity index (χ1v) is 12.3. The minimum absolute atomic E-state index is 0.106. The molecular formula is C27H32ClN3O3. The largest absolute Gasteiger partial charge is 0.494 e. The van der Waals surface area contributed by atoms with Crippen LogP contribution < -0.4 is 10.2 Å². The monoisotopic (exact) mass is 481 g/mol. The highest BCUT2D eigenvalue weighted by Crippen LogP contribution is 2.24. The molecule has 0 spiro atoms. The van der Waals surface area contributed by atoms with Gasteiger partial charge in [-0.05, 0) is 54.4 Å². The Bertz CT molecular complexity index is 1030. The highest BCUT2D eigenvalue weighted by atomic mass is 35.5. The summed E-state index contributed by atoms with van der Waals surface area (Å²) in [5.41, 5.74) is 4.10. The van der Waals surface area contributed by atoms with E-state index in [4.69, 9.17) is 20.8 Å². The fraction of sp³-hybridized carbons (Fsp3) is 0.370. The van der Waals surface area contributed by atoms with Crippen LogP contribution in [-0.2, 0) is 0 Å². The average Bonchev–Trinajstić information content (AvgIpc) is 3.24. The molecule has 0 saturated heterocycles. The molecule has 0 radical (unpaired) electrons. The first kappa shape index (κ1) is 25.5. The van der Waals surface area contributed by atoms with Gasteiger partial charge in [-0.25, -0.2) is 10.4 Å². The number of nitrogens with one attached hydrogen (secondary N) is 1. The number of ether oxygens (including phenoxy) is 1. The number of rotatable bonds is 14. The van der Waals surface area contributed by atoms with Crippen LogP contribution in [0.4, 0.5) is 0 Å². The Morgan fingerprint density at radius 2 is 1.68 bits per heavy atom. The molecule has 1 N–H and O–H groups in total. The number of hydrogen-bond acceptors (Lipinski definition) is 5. The molecule has 34 heavy (non-hydrogen) atoms. The van der Waals surface area contributed by atoms with Crippen molar-refractivity contribution in [1.82, 2.24) is 10.4 Å². The number of hydrogen-bond donors (Lipinski definition) is 1. The van der Waals surface area contributed by atoms with E-state index < -0.39 is 0 Å². The zero-order valence-electron chi connectivity index (χ0n) is 19.6. The van der Waals surface area contributed by atoms with Crippen LogP contribution >= 0.6 is 11.6 Å². The molecule has 0 aliphatic heterocycles. The van der Waals surface area contributed by atoms with E-state index in [-0.39, 0.29) is 11.1 Å². The number of oxazole rings is 1. The first-order valence-electron chi connectivity index (χ1n) is 12.0. The SMILES string of the molecule is CCCCCCCCCCOc1ccc(C(=O)NN=Cc2nc(-c3ccccc3)oc2Cl)cc1. The summed E-state index contributed by atoms with van der Waals surface area (Å²) in [6, 6.07) is 16.4. The molecule has 0 saturated carbocycles. The summed E-state index contributed by atoms with van der Waals surface area (Å²) in [6.07, 6.45) is 11.5. The number of amides is 1. The first-order chi connectivity index (χ1) is 16.7. The Morgan fingerprint density at radius 1 is 1.00 bits per heavy atom. The molecular weight excluding hydrogens is 450 g/mol. The zero-order chi connectivity index (χ0) is 24.0. The smallest absolute Gasteiger partial charge is 0.271 e. The molecule has 3 rings (SSSR count). The van der Waals surface area contributed by atoms with Crippen LogP contribution in [0.2, 0.25) is 5.22 Å². The predicted molar refractivity (Wildman–Crippen MR) is 137 cm³/mol. The summed E-state index contributed by atoms with van der Waals surface area (Å²) < 4.78 is 11.2. The summed E-state index contributed by atoms with van der Waals surface area (Å²) in [7, 11) is 0. The quantitative estimate of drug-likeness (QED) is 0.149. The summed E-state index contributed by atoms with van der Waals surface area (Å²) in [5.74, 6) is 0.806. The fourth-order valence-corrected chi connectivity index (χ4v) is 3.61.